The maximum absolute atomic E-state index is 17.6. The summed E-state index contributed by atoms with van der Waals surface area (Å²) in [6.07, 6.45) is 7.66. The number of alkyl halides is 1. The van der Waals surface area contributed by atoms with Crippen molar-refractivity contribution in [3.8, 4) is 28.7 Å². The van der Waals surface area contributed by atoms with E-state index in [1.165, 1.54) is 38.2 Å². The van der Waals surface area contributed by atoms with E-state index < -0.39 is 38.0 Å². The number of hydrogen-bond donors (Lipinski definition) is 1. The van der Waals surface area contributed by atoms with Crippen LogP contribution in [0.15, 0.2) is 30.5 Å². The molecule has 5 heterocycles. The number of pyridine rings is 1. The van der Waals surface area contributed by atoms with Gasteiger partial charge in [-0.3, -0.25) is 9.88 Å². The third-order valence-electron chi connectivity index (χ3n) is 15.5. The van der Waals surface area contributed by atoms with Crippen molar-refractivity contribution in [2.75, 3.05) is 43.5 Å². The molecule has 3 aliphatic heterocycles. The number of rotatable bonds is 8. The molecule has 6 aliphatic rings. The Morgan fingerprint density at radius 3 is 2.47 bits per heavy atom. The van der Waals surface area contributed by atoms with Gasteiger partial charge >= 0.3 is 6.01 Å². The summed E-state index contributed by atoms with van der Waals surface area (Å²) in [7, 11) is -2.27. The van der Waals surface area contributed by atoms with E-state index in [1.54, 1.807) is 24.4 Å². The third kappa shape index (κ3) is 5.65. The van der Waals surface area contributed by atoms with Crippen molar-refractivity contribution in [2.45, 2.75) is 127 Å². The number of hydrogen-bond acceptors (Lipinski definition) is 8. The van der Waals surface area contributed by atoms with Crippen LogP contribution in [0.1, 0.15) is 92.1 Å². The first-order chi connectivity index (χ1) is 27.7. The summed E-state index contributed by atoms with van der Waals surface area (Å²) >= 11 is 0. The Hall–Kier alpha value is -3.92. The van der Waals surface area contributed by atoms with E-state index in [2.05, 4.69) is 57.9 Å². The fraction of sp³-hybridized carbons (Fsp3) is 0.587. The van der Waals surface area contributed by atoms with E-state index in [0.29, 0.717) is 81.4 Å². The van der Waals surface area contributed by atoms with Gasteiger partial charge in [0.1, 0.15) is 43.6 Å². The normalized spacial score (nSPS) is 26.8. The highest BCUT2D eigenvalue weighted by molar-refractivity contribution is 6.90. The van der Waals surface area contributed by atoms with Gasteiger partial charge in [0.2, 0.25) is 0 Å². The van der Waals surface area contributed by atoms with Crippen LogP contribution >= 0.6 is 0 Å². The number of ether oxygens (including phenoxy) is 2. The predicted octanol–water partition coefficient (Wildman–Crippen LogP) is 9.38. The molecule has 0 bridgehead atoms. The fourth-order valence-corrected chi connectivity index (χ4v) is 17.3. The highest BCUT2D eigenvalue weighted by Crippen LogP contribution is 2.72. The zero-order chi connectivity index (χ0) is 40.5. The Morgan fingerprint density at radius 2 is 1.76 bits per heavy atom. The van der Waals surface area contributed by atoms with Gasteiger partial charge in [0.25, 0.3) is 0 Å². The number of fused-ring (bicyclic) bond motifs is 5. The minimum absolute atomic E-state index is 0.0141. The minimum atomic E-state index is -2.27. The van der Waals surface area contributed by atoms with Crippen LogP contribution in [-0.4, -0.2) is 84.6 Å². The molecule has 3 saturated carbocycles. The molecule has 3 aliphatic carbocycles. The first-order valence-electron chi connectivity index (χ1n) is 21.5. The van der Waals surface area contributed by atoms with Crippen LogP contribution in [-0.2, 0) is 4.74 Å². The molecule has 4 atom stereocenters. The van der Waals surface area contributed by atoms with Crippen molar-refractivity contribution >= 4 is 41.3 Å². The monoisotopic (exact) mass is 808 g/mol. The van der Waals surface area contributed by atoms with Gasteiger partial charge in [-0.1, -0.05) is 53.5 Å². The average molecular weight is 809 g/mol. The predicted molar refractivity (Wildman–Crippen MR) is 225 cm³/mol. The summed E-state index contributed by atoms with van der Waals surface area (Å²) in [5.74, 6) is 2.53. The molecule has 8 nitrogen and oxygen atoms in total. The second-order valence-electron chi connectivity index (χ2n) is 19.5. The molecule has 58 heavy (non-hydrogen) atoms. The summed E-state index contributed by atoms with van der Waals surface area (Å²) in [4.78, 5) is 19.0. The summed E-state index contributed by atoms with van der Waals surface area (Å²) < 4.78 is 61.6. The molecular weight excluding hydrogens is 754 g/mol. The van der Waals surface area contributed by atoms with Crippen molar-refractivity contribution < 1.29 is 22.6 Å². The highest BCUT2D eigenvalue weighted by atomic mass is 28.3. The first-order valence-corrected chi connectivity index (χ1v) is 23.8. The minimum Gasteiger partial charge on any atom is -0.461 e. The number of nitrogens with zero attached hydrogens (tertiary/aromatic N) is 5. The SMILES string of the molecule is CC(C)[Si](C#Cc1c(F)ccc2cc(N)cc(-c3ncc4c(N5CCCO[C@H]6[C@H](F)[C@H]65)nc(OC[C@]56CC7(CC7)CN5CCC65CC5)nc4c3F)c12)(C(C)C)C(C)C. The fourth-order valence-electron chi connectivity index (χ4n) is 12.1. The smallest absolute Gasteiger partial charge is 0.319 e. The molecule has 2 spiro atoms. The summed E-state index contributed by atoms with van der Waals surface area (Å²) in [5.41, 5.74) is 12.6. The molecule has 0 unspecified atom stereocenters. The molecule has 2 aromatic heterocycles. The molecule has 6 fully saturated rings. The zero-order valence-electron chi connectivity index (χ0n) is 34.6. The Morgan fingerprint density at radius 1 is 1.00 bits per heavy atom. The molecule has 4 aromatic rings. The average Bonchev–Trinajstić information content (AvgIpc) is 4.12. The van der Waals surface area contributed by atoms with Crippen LogP contribution in [0, 0.1) is 33.9 Å². The number of halogens is 3. The van der Waals surface area contributed by atoms with Crippen molar-refractivity contribution in [3.05, 3.63) is 47.7 Å². The quantitative estimate of drug-likeness (QED) is 0.107. The molecule has 2 N–H and O–H groups in total. The molecule has 306 valence electrons. The number of nitrogens with two attached hydrogens (primary N) is 1. The topological polar surface area (TPSA) is 89.6 Å². The number of anilines is 2. The third-order valence-corrected chi connectivity index (χ3v) is 21.8. The van der Waals surface area contributed by atoms with Crippen molar-refractivity contribution in [3.63, 3.8) is 0 Å². The van der Waals surface area contributed by atoms with Gasteiger partial charge in [0, 0.05) is 42.5 Å². The molecule has 3 saturated heterocycles. The van der Waals surface area contributed by atoms with E-state index in [9.17, 15) is 0 Å². The maximum atomic E-state index is 17.6. The molecule has 10 rings (SSSR count). The van der Waals surface area contributed by atoms with Crippen molar-refractivity contribution in [1.29, 1.82) is 0 Å². The van der Waals surface area contributed by atoms with E-state index in [0.717, 1.165) is 19.5 Å². The highest BCUT2D eigenvalue weighted by Gasteiger charge is 2.72. The number of benzene rings is 2. The van der Waals surface area contributed by atoms with E-state index in [4.69, 9.17) is 30.2 Å². The molecule has 0 amide bonds. The lowest BCUT2D eigenvalue weighted by Crippen LogP contribution is -2.49. The van der Waals surface area contributed by atoms with Gasteiger partial charge in [-0.25, -0.2) is 13.2 Å². The lowest BCUT2D eigenvalue weighted by atomic mass is 9.78. The molecule has 0 radical (unpaired) electrons. The summed E-state index contributed by atoms with van der Waals surface area (Å²) in [5, 5.41) is 1.44. The maximum Gasteiger partial charge on any atom is 0.319 e. The van der Waals surface area contributed by atoms with Crippen LogP contribution in [0.3, 0.4) is 0 Å². The van der Waals surface area contributed by atoms with E-state index in [-0.39, 0.29) is 33.7 Å². The van der Waals surface area contributed by atoms with E-state index >= 15 is 13.2 Å². The lowest BCUT2D eigenvalue weighted by Gasteiger charge is -2.38. The van der Waals surface area contributed by atoms with Gasteiger partial charge in [0.05, 0.1) is 22.5 Å². The van der Waals surface area contributed by atoms with Gasteiger partial charge in [-0.15, -0.1) is 5.54 Å². The Balaban J connectivity index is 1.13. The van der Waals surface area contributed by atoms with Crippen LogP contribution in [0.5, 0.6) is 6.01 Å². The largest absolute Gasteiger partial charge is 0.461 e. The van der Waals surface area contributed by atoms with Gasteiger partial charge in [0.15, 0.2) is 12.0 Å². The van der Waals surface area contributed by atoms with Gasteiger partial charge in [-0.05, 0) is 103 Å². The van der Waals surface area contributed by atoms with Crippen molar-refractivity contribution in [2.24, 2.45) is 10.8 Å². The number of aromatic nitrogens is 3. The molecule has 12 heteroatoms. The standard InChI is InChI=1S/C46H55F3N6O2Si/c1-26(2)58(27(3)4,28(5)6)19-10-31-34(47)9-8-29-20-30(50)21-32(35(29)31)38-36(48)39-33(22-51-38)42(55-16-7-18-56-41-37(49)40(41)55)53-43(52-39)57-25-46-23-44(11-12-44)24-54(46)17-15-45(46)13-14-45/h8-9,20-22,26-28,37,40-41H,7,11-18,23-25,50H2,1-6H3/t37-,40-,41+,46+/m1/s1. The van der Waals surface area contributed by atoms with Crippen molar-refractivity contribution in [1.82, 2.24) is 19.9 Å². The van der Waals surface area contributed by atoms with Crippen LogP contribution in [0.25, 0.3) is 32.9 Å². The zero-order valence-corrected chi connectivity index (χ0v) is 35.6. The van der Waals surface area contributed by atoms with Crippen LogP contribution < -0.4 is 15.4 Å². The number of nitrogen functional groups attached to an aromatic ring is 1. The Bertz CT molecular complexity index is 2380. The molecular formula is C46H55F3N6O2Si. The second kappa shape index (κ2) is 13.3. The van der Waals surface area contributed by atoms with Crippen LogP contribution in [0.2, 0.25) is 16.6 Å². The second-order valence-corrected chi connectivity index (χ2v) is 25.1. The Kier molecular flexibility index (Phi) is 8.77. The first kappa shape index (κ1) is 38.3. The van der Waals surface area contributed by atoms with Crippen LogP contribution in [0.4, 0.5) is 24.7 Å². The Labute approximate surface area is 340 Å². The van der Waals surface area contributed by atoms with Gasteiger partial charge < -0.3 is 20.1 Å². The summed E-state index contributed by atoms with van der Waals surface area (Å²) in [6, 6.07) is 6.00. The van der Waals surface area contributed by atoms with E-state index in [1.807, 2.05) is 4.90 Å². The molecule has 2 aromatic carbocycles. The van der Waals surface area contributed by atoms with Gasteiger partial charge in [-0.2, -0.15) is 9.97 Å². The summed E-state index contributed by atoms with van der Waals surface area (Å²) in [6.45, 7) is 16.8. The lowest BCUT2D eigenvalue weighted by molar-refractivity contribution is 0.0640.